The van der Waals surface area contributed by atoms with Gasteiger partial charge < -0.3 is 4.90 Å². The van der Waals surface area contributed by atoms with Crippen molar-refractivity contribution in [2.75, 3.05) is 26.2 Å². The van der Waals surface area contributed by atoms with Crippen molar-refractivity contribution in [2.24, 2.45) is 0 Å². The molecular formula is C18H19N3O3. The van der Waals surface area contributed by atoms with Crippen molar-refractivity contribution >= 4 is 11.6 Å². The van der Waals surface area contributed by atoms with Gasteiger partial charge in [0.1, 0.15) is 0 Å². The minimum atomic E-state index is -0.343. The molecule has 6 heteroatoms. The van der Waals surface area contributed by atoms with Crippen LogP contribution in [0.4, 0.5) is 5.69 Å². The van der Waals surface area contributed by atoms with Crippen LogP contribution in [0.25, 0.3) is 0 Å². The second kappa shape index (κ2) is 7.23. The predicted octanol–water partition coefficient (Wildman–Crippen LogP) is 2.55. The summed E-state index contributed by atoms with van der Waals surface area (Å²) < 4.78 is 0. The number of amides is 1. The first-order valence-electron chi connectivity index (χ1n) is 7.94. The predicted molar refractivity (Wildman–Crippen MR) is 90.7 cm³/mol. The van der Waals surface area contributed by atoms with E-state index in [0.29, 0.717) is 43.9 Å². The van der Waals surface area contributed by atoms with E-state index in [1.54, 1.807) is 12.1 Å². The second-order valence-corrected chi connectivity index (χ2v) is 5.82. The fourth-order valence-corrected chi connectivity index (χ4v) is 2.94. The molecule has 0 saturated carbocycles. The summed E-state index contributed by atoms with van der Waals surface area (Å²) >= 11 is 0. The number of benzene rings is 2. The molecule has 24 heavy (non-hydrogen) atoms. The van der Waals surface area contributed by atoms with Crippen LogP contribution in [-0.4, -0.2) is 46.8 Å². The molecule has 1 saturated heterocycles. The lowest BCUT2D eigenvalue weighted by atomic mass is 10.1. The number of nitro groups is 1. The molecule has 6 nitrogen and oxygen atoms in total. The normalized spacial score (nSPS) is 15.2. The second-order valence-electron chi connectivity index (χ2n) is 5.82. The summed E-state index contributed by atoms with van der Waals surface area (Å²) in [5.41, 5.74) is 1.57. The summed E-state index contributed by atoms with van der Waals surface area (Å²) in [5, 5.41) is 11.1. The molecule has 0 aromatic heterocycles. The van der Waals surface area contributed by atoms with Crippen LogP contribution in [-0.2, 0) is 6.54 Å². The third-order valence-electron chi connectivity index (χ3n) is 4.26. The molecule has 0 bridgehead atoms. The lowest BCUT2D eigenvalue weighted by Gasteiger charge is -2.34. The number of nitrogens with zero attached hydrogens (tertiary/aromatic N) is 3. The van der Waals surface area contributed by atoms with Gasteiger partial charge in [0.25, 0.3) is 11.6 Å². The largest absolute Gasteiger partial charge is 0.336 e. The first-order valence-corrected chi connectivity index (χ1v) is 7.94. The van der Waals surface area contributed by atoms with E-state index in [2.05, 4.69) is 4.90 Å². The molecular weight excluding hydrogens is 306 g/mol. The van der Waals surface area contributed by atoms with Gasteiger partial charge in [0.2, 0.25) is 0 Å². The fourth-order valence-electron chi connectivity index (χ4n) is 2.94. The molecule has 0 radical (unpaired) electrons. The van der Waals surface area contributed by atoms with Gasteiger partial charge in [-0.2, -0.15) is 0 Å². The van der Waals surface area contributed by atoms with Gasteiger partial charge in [-0.1, -0.05) is 36.4 Å². The molecule has 0 spiro atoms. The Morgan fingerprint density at radius 2 is 1.58 bits per heavy atom. The Balaban J connectivity index is 1.60. The van der Waals surface area contributed by atoms with E-state index in [1.807, 2.05) is 41.3 Å². The molecule has 2 aromatic carbocycles. The van der Waals surface area contributed by atoms with Crippen molar-refractivity contribution in [3.63, 3.8) is 0 Å². The molecule has 1 heterocycles. The summed E-state index contributed by atoms with van der Waals surface area (Å²) in [6.45, 7) is 3.22. The molecule has 1 fully saturated rings. The van der Waals surface area contributed by atoms with Gasteiger partial charge in [0, 0.05) is 49.9 Å². The van der Waals surface area contributed by atoms with E-state index in [4.69, 9.17) is 0 Å². The Labute approximate surface area is 140 Å². The van der Waals surface area contributed by atoms with Crippen LogP contribution in [0.2, 0.25) is 0 Å². The molecule has 0 atom stereocenters. The highest BCUT2D eigenvalue weighted by atomic mass is 16.6. The Morgan fingerprint density at radius 1 is 0.958 bits per heavy atom. The summed E-state index contributed by atoms with van der Waals surface area (Å²) in [7, 11) is 0. The Bertz CT molecular complexity index is 725. The molecule has 3 rings (SSSR count). The molecule has 1 aliphatic heterocycles. The molecule has 0 unspecified atom stereocenters. The Kier molecular flexibility index (Phi) is 4.86. The molecule has 0 N–H and O–H groups in total. The minimum absolute atomic E-state index is 0.0425. The zero-order valence-corrected chi connectivity index (χ0v) is 13.3. The van der Waals surface area contributed by atoms with E-state index in [1.165, 1.54) is 6.07 Å². The number of carbonyl (C=O) groups is 1. The van der Waals surface area contributed by atoms with Gasteiger partial charge in [-0.05, 0) is 12.1 Å². The van der Waals surface area contributed by atoms with E-state index in [9.17, 15) is 14.9 Å². The van der Waals surface area contributed by atoms with Crippen LogP contribution < -0.4 is 0 Å². The van der Waals surface area contributed by atoms with E-state index >= 15 is 0 Å². The summed E-state index contributed by atoms with van der Waals surface area (Å²) in [4.78, 5) is 27.2. The lowest BCUT2D eigenvalue weighted by molar-refractivity contribution is -0.385. The van der Waals surface area contributed by atoms with Crippen LogP contribution in [0, 0.1) is 10.1 Å². The van der Waals surface area contributed by atoms with Gasteiger partial charge in [-0.15, -0.1) is 0 Å². The van der Waals surface area contributed by atoms with E-state index in [0.717, 1.165) is 0 Å². The van der Waals surface area contributed by atoms with Crippen molar-refractivity contribution in [1.82, 2.24) is 9.80 Å². The molecule has 1 aliphatic rings. The third kappa shape index (κ3) is 3.60. The number of nitro benzene ring substituents is 1. The number of carbonyl (C=O) groups excluding carboxylic acids is 1. The van der Waals surface area contributed by atoms with Gasteiger partial charge in [-0.3, -0.25) is 19.8 Å². The highest BCUT2D eigenvalue weighted by Gasteiger charge is 2.23. The van der Waals surface area contributed by atoms with Crippen molar-refractivity contribution in [2.45, 2.75) is 6.54 Å². The first-order chi connectivity index (χ1) is 11.6. The third-order valence-corrected chi connectivity index (χ3v) is 4.26. The monoisotopic (exact) mass is 325 g/mol. The average molecular weight is 325 g/mol. The SMILES string of the molecule is O=C(c1ccccc1)N1CCN(Cc2ccccc2[N+](=O)[O-])CC1. The zero-order valence-electron chi connectivity index (χ0n) is 13.3. The highest BCUT2D eigenvalue weighted by Crippen LogP contribution is 2.20. The number of para-hydroxylation sites is 1. The van der Waals surface area contributed by atoms with Gasteiger partial charge in [-0.25, -0.2) is 0 Å². The Hall–Kier alpha value is -2.73. The smallest absolute Gasteiger partial charge is 0.273 e. The zero-order chi connectivity index (χ0) is 16.9. The van der Waals surface area contributed by atoms with Crippen molar-refractivity contribution in [3.05, 3.63) is 75.8 Å². The van der Waals surface area contributed by atoms with Crippen LogP contribution >= 0.6 is 0 Å². The van der Waals surface area contributed by atoms with Crippen LogP contribution in [0.15, 0.2) is 54.6 Å². The van der Waals surface area contributed by atoms with Gasteiger partial charge >= 0.3 is 0 Å². The molecule has 2 aromatic rings. The standard InChI is InChI=1S/C18H19N3O3/c22-18(15-6-2-1-3-7-15)20-12-10-19(11-13-20)14-16-8-4-5-9-17(16)21(23)24/h1-9H,10-14H2. The summed E-state index contributed by atoms with van der Waals surface area (Å²) in [6.07, 6.45) is 0. The maximum absolute atomic E-state index is 12.4. The Morgan fingerprint density at radius 3 is 2.25 bits per heavy atom. The van der Waals surface area contributed by atoms with Crippen LogP contribution in [0.3, 0.4) is 0 Å². The number of hydrogen-bond donors (Lipinski definition) is 0. The quantitative estimate of drug-likeness (QED) is 0.640. The maximum Gasteiger partial charge on any atom is 0.273 e. The van der Waals surface area contributed by atoms with Gasteiger partial charge in [0.15, 0.2) is 0 Å². The average Bonchev–Trinajstić information content (AvgIpc) is 2.63. The van der Waals surface area contributed by atoms with Crippen molar-refractivity contribution < 1.29 is 9.72 Å². The molecule has 1 amide bonds. The number of rotatable bonds is 4. The lowest BCUT2D eigenvalue weighted by Crippen LogP contribution is -2.48. The van der Waals surface area contributed by atoms with Crippen molar-refractivity contribution in [3.8, 4) is 0 Å². The number of piperazine rings is 1. The topological polar surface area (TPSA) is 66.7 Å². The number of hydrogen-bond acceptors (Lipinski definition) is 4. The van der Waals surface area contributed by atoms with Gasteiger partial charge in [0.05, 0.1) is 4.92 Å². The molecule has 124 valence electrons. The van der Waals surface area contributed by atoms with Crippen LogP contribution in [0.5, 0.6) is 0 Å². The maximum atomic E-state index is 12.4. The first kappa shape index (κ1) is 16.1. The van der Waals surface area contributed by atoms with Crippen molar-refractivity contribution in [1.29, 1.82) is 0 Å². The molecule has 0 aliphatic carbocycles. The van der Waals surface area contributed by atoms with E-state index in [-0.39, 0.29) is 16.5 Å². The summed E-state index contributed by atoms with van der Waals surface area (Å²) in [5.74, 6) is 0.0425. The van der Waals surface area contributed by atoms with E-state index < -0.39 is 0 Å². The summed E-state index contributed by atoms with van der Waals surface area (Å²) in [6, 6.07) is 16.1. The minimum Gasteiger partial charge on any atom is -0.336 e. The fraction of sp³-hybridized carbons (Fsp3) is 0.278. The highest BCUT2D eigenvalue weighted by molar-refractivity contribution is 5.94. The van der Waals surface area contributed by atoms with Crippen LogP contribution in [0.1, 0.15) is 15.9 Å².